The highest BCUT2D eigenvalue weighted by Gasteiger charge is 2.20. The Morgan fingerprint density at radius 1 is 1.00 bits per heavy atom. The summed E-state index contributed by atoms with van der Waals surface area (Å²) in [4.78, 5) is 27.1. The van der Waals surface area contributed by atoms with Gasteiger partial charge in [0.25, 0.3) is 5.78 Å². The van der Waals surface area contributed by atoms with Crippen molar-refractivity contribution in [1.82, 2.24) is 9.55 Å². The fourth-order valence-electron chi connectivity index (χ4n) is 1.96. The number of aromatic amines is 1. The number of para-hydroxylation sites is 1. The van der Waals surface area contributed by atoms with E-state index in [1.54, 1.807) is 30.7 Å². The van der Waals surface area contributed by atoms with Crippen LogP contribution >= 0.6 is 0 Å². The van der Waals surface area contributed by atoms with E-state index in [2.05, 4.69) is 4.98 Å². The van der Waals surface area contributed by atoms with Gasteiger partial charge in [0.2, 0.25) is 0 Å². The number of fused-ring (bicyclic) bond motifs is 1. The molecule has 0 spiro atoms. The zero-order valence-corrected chi connectivity index (χ0v) is 9.46. The molecule has 88 valence electrons. The van der Waals surface area contributed by atoms with Crippen molar-refractivity contribution in [2.45, 2.75) is 0 Å². The van der Waals surface area contributed by atoms with Gasteiger partial charge in [0, 0.05) is 29.5 Å². The summed E-state index contributed by atoms with van der Waals surface area (Å²) in [5.41, 5.74) is 1.26. The van der Waals surface area contributed by atoms with Crippen molar-refractivity contribution in [3.8, 4) is 0 Å². The smallest absolute Gasteiger partial charge is 0.303 e. The number of Topliss-reactive ketones (excluding diaryl/α,β-unsaturated/α-hetero) is 1. The summed E-state index contributed by atoms with van der Waals surface area (Å²) >= 11 is 0. The van der Waals surface area contributed by atoms with Gasteiger partial charge < -0.3 is 4.98 Å². The largest absolute Gasteiger partial charge is 0.360 e. The van der Waals surface area contributed by atoms with Crippen molar-refractivity contribution in [2.24, 2.45) is 0 Å². The van der Waals surface area contributed by atoms with Crippen molar-refractivity contribution in [2.75, 3.05) is 0 Å². The summed E-state index contributed by atoms with van der Waals surface area (Å²) in [6.45, 7) is 0. The number of hydrogen-bond acceptors (Lipinski definition) is 2. The highest BCUT2D eigenvalue weighted by molar-refractivity contribution is 6.45. The Labute approximate surface area is 103 Å². The Balaban J connectivity index is 2.05. The van der Waals surface area contributed by atoms with Crippen LogP contribution < -0.4 is 0 Å². The predicted molar refractivity (Wildman–Crippen MR) is 67.7 cm³/mol. The molecule has 4 heteroatoms. The first-order valence-electron chi connectivity index (χ1n) is 5.55. The molecule has 3 aromatic rings. The van der Waals surface area contributed by atoms with Crippen LogP contribution in [0.25, 0.3) is 10.9 Å². The van der Waals surface area contributed by atoms with Gasteiger partial charge in [0.15, 0.2) is 0 Å². The zero-order valence-electron chi connectivity index (χ0n) is 9.46. The third-order valence-electron chi connectivity index (χ3n) is 2.87. The van der Waals surface area contributed by atoms with Crippen LogP contribution in [-0.2, 0) is 0 Å². The molecule has 2 aromatic heterocycles. The maximum Gasteiger partial charge on any atom is 0.303 e. The quantitative estimate of drug-likeness (QED) is 0.551. The zero-order chi connectivity index (χ0) is 12.5. The molecule has 0 amide bonds. The molecule has 0 aliphatic rings. The second-order valence-electron chi connectivity index (χ2n) is 3.97. The maximum atomic E-state index is 12.1. The monoisotopic (exact) mass is 238 g/mol. The number of hydrogen-bond donors (Lipinski definition) is 1. The molecular weight excluding hydrogens is 228 g/mol. The molecular formula is C14H10N2O2. The number of carbonyl (C=O) groups excluding carboxylic acids is 2. The van der Waals surface area contributed by atoms with Gasteiger partial charge in [-0.2, -0.15) is 0 Å². The number of rotatable bonds is 2. The molecule has 0 radical (unpaired) electrons. The van der Waals surface area contributed by atoms with E-state index in [0.717, 1.165) is 10.9 Å². The number of aromatic nitrogens is 2. The van der Waals surface area contributed by atoms with Crippen molar-refractivity contribution in [3.05, 3.63) is 60.6 Å². The lowest BCUT2D eigenvalue weighted by Gasteiger charge is -1.99. The van der Waals surface area contributed by atoms with E-state index in [0.29, 0.717) is 5.56 Å². The molecule has 4 nitrogen and oxygen atoms in total. The van der Waals surface area contributed by atoms with E-state index in [-0.39, 0.29) is 0 Å². The number of nitrogens with one attached hydrogen (secondary N) is 1. The van der Waals surface area contributed by atoms with Gasteiger partial charge in [-0.1, -0.05) is 18.2 Å². The van der Waals surface area contributed by atoms with Crippen molar-refractivity contribution >= 4 is 22.6 Å². The van der Waals surface area contributed by atoms with Crippen molar-refractivity contribution < 1.29 is 9.59 Å². The minimum Gasteiger partial charge on any atom is -0.360 e. The van der Waals surface area contributed by atoms with Crippen LogP contribution in [0.3, 0.4) is 0 Å². The number of ketones is 1. The van der Waals surface area contributed by atoms with E-state index in [1.165, 1.54) is 4.57 Å². The molecule has 1 aromatic carbocycles. The highest BCUT2D eigenvalue weighted by Crippen LogP contribution is 2.18. The molecule has 0 saturated carbocycles. The van der Waals surface area contributed by atoms with Gasteiger partial charge >= 0.3 is 5.91 Å². The average Bonchev–Trinajstić information content (AvgIpc) is 3.06. The lowest BCUT2D eigenvalue weighted by atomic mass is 10.1. The summed E-state index contributed by atoms with van der Waals surface area (Å²) in [6, 6.07) is 10.8. The Hall–Kier alpha value is -2.62. The second-order valence-corrected chi connectivity index (χ2v) is 3.97. The van der Waals surface area contributed by atoms with Crippen LogP contribution in [0.5, 0.6) is 0 Å². The third kappa shape index (κ3) is 1.55. The number of H-pyrrole nitrogens is 1. The molecule has 2 heterocycles. The van der Waals surface area contributed by atoms with Gasteiger partial charge in [-0.3, -0.25) is 14.2 Å². The Morgan fingerprint density at radius 2 is 1.72 bits per heavy atom. The fourth-order valence-corrected chi connectivity index (χ4v) is 1.96. The molecule has 0 aliphatic heterocycles. The number of benzene rings is 1. The molecule has 1 N–H and O–H groups in total. The summed E-state index contributed by atoms with van der Waals surface area (Å²) < 4.78 is 1.28. The van der Waals surface area contributed by atoms with E-state index in [1.807, 2.05) is 24.3 Å². The van der Waals surface area contributed by atoms with Gasteiger partial charge in [0.05, 0.1) is 5.56 Å². The Kier molecular flexibility index (Phi) is 2.34. The van der Waals surface area contributed by atoms with Crippen LogP contribution in [0.15, 0.2) is 55.0 Å². The summed E-state index contributed by atoms with van der Waals surface area (Å²) in [6.07, 6.45) is 4.71. The molecule has 0 atom stereocenters. The minimum atomic E-state index is -0.551. The number of nitrogens with zero attached hydrogens (tertiary/aromatic N) is 1. The first-order chi connectivity index (χ1) is 8.77. The first kappa shape index (κ1) is 10.5. The van der Waals surface area contributed by atoms with E-state index in [9.17, 15) is 9.59 Å². The third-order valence-corrected chi connectivity index (χ3v) is 2.87. The predicted octanol–water partition coefficient (Wildman–Crippen LogP) is 2.49. The summed E-state index contributed by atoms with van der Waals surface area (Å²) in [5.74, 6) is -1.06. The van der Waals surface area contributed by atoms with Crippen LogP contribution in [0.4, 0.5) is 0 Å². The number of carbonyl (C=O) groups is 2. The van der Waals surface area contributed by atoms with E-state index in [4.69, 9.17) is 0 Å². The summed E-state index contributed by atoms with van der Waals surface area (Å²) in [7, 11) is 0. The van der Waals surface area contributed by atoms with Crippen molar-refractivity contribution in [1.29, 1.82) is 0 Å². The Bertz CT molecular complexity index is 723. The minimum absolute atomic E-state index is 0.407. The Morgan fingerprint density at radius 3 is 2.50 bits per heavy atom. The van der Waals surface area contributed by atoms with Gasteiger partial charge in [-0.05, 0) is 18.2 Å². The molecule has 3 rings (SSSR count). The highest BCUT2D eigenvalue weighted by atomic mass is 16.2. The lowest BCUT2D eigenvalue weighted by Crippen LogP contribution is -2.20. The molecule has 18 heavy (non-hydrogen) atoms. The molecule has 0 unspecified atom stereocenters. The topological polar surface area (TPSA) is 54.9 Å². The van der Waals surface area contributed by atoms with Gasteiger partial charge in [0.1, 0.15) is 0 Å². The van der Waals surface area contributed by atoms with E-state index < -0.39 is 11.7 Å². The van der Waals surface area contributed by atoms with Crippen LogP contribution in [0.1, 0.15) is 15.2 Å². The second kappa shape index (κ2) is 4.00. The standard InChI is InChI=1S/C14H10N2O2/c17-13(14(18)16-7-3-4-8-16)11-9-15-12-6-2-1-5-10(11)12/h1-9,15H. The van der Waals surface area contributed by atoms with Crippen LogP contribution in [0.2, 0.25) is 0 Å². The summed E-state index contributed by atoms with van der Waals surface area (Å²) in [5, 5.41) is 0.767. The van der Waals surface area contributed by atoms with Gasteiger partial charge in [-0.15, -0.1) is 0 Å². The first-order valence-corrected chi connectivity index (χ1v) is 5.55. The van der Waals surface area contributed by atoms with Crippen LogP contribution in [-0.4, -0.2) is 21.2 Å². The normalized spacial score (nSPS) is 10.7. The molecule has 0 saturated heterocycles. The molecule has 0 fully saturated rings. The average molecular weight is 238 g/mol. The van der Waals surface area contributed by atoms with Gasteiger partial charge in [-0.25, -0.2) is 0 Å². The SMILES string of the molecule is O=C(C(=O)n1cccc1)c1c[nH]c2ccccc12. The van der Waals surface area contributed by atoms with Crippen molar-refractivity contribution in [3.63, 3.8) is 0 Å². The molecule has 0 aliphatic carbocycles. The maximum absolute atomic E-state index is 12.1. The molecule has 0 bridgehead atoms. The van der Waals surface area contributed by atoms with Crippen LogP contribution in [0, 0.1) is 0 Å². The fraction of sp³-hybridized carbons (Fsp3) is 0. The van der Waals surface area contributed by atoms with E-state index >= 15 is 0 Å². The lowest BCUT2D eigenvalue weighted by molar-refractivity contribution is 0.0766.